The zero-order chi connectivity index (χ0) is 20.7. The van der Waals surface area contributed by atoms with Gasteiger partial charge in [0.05, 0.1) is 17.0 Å². The lowest BCUT2D eigenvalue weighted by molar-refractivity contribution is 0.0723. The summed E-state index contributed by atoms with van der Waals surface area (Å²) in [5, 5.41) is 0.457. The molecule has 0 N–H and O–H groups in total. The second-order valence-electron chi connectivity index (χ2n) is 7.76. The molecule has 0 fully saturated rings. The minimum atomic E-state index is -0.767. The molecule has 1 aromatic heterocycles. The Morgan fingerprint density at radius 1 is 1.10 bits per heavy atom. The van der Waals surface area contributed by atoms with Crippen LogP contribution in [0.5, 0.6) is 0 Å². The van der Waals surface area contributed by atoms with Crippen molar-refractivity contribution in [1.29, 1.82) is 0 Å². The highest BCUT2D eigenvalue weighted by atomic mass is 19.1. The first kappa shape index (κ1) is 19.4. The first-order valence-corrected chi connectivity index (χ1v) is 10.1. The number of fused-ring (bicyclic) bond motifs is 2. The Kier molecular flexibility index (Phi) is 4.99. The summed E-state index contributed by atoms with van der Waals surface area (Å²) in [5.41, 5.74) is 2.47. The summed E-state index contributed by atoms with van der Waals surface area (Å²) in [5.74, 6) is -0.737. The van der Waals surface area contributed by atoms with Crippen molar-refractivity contribution in [1.82, 2.24) is 4.90 Å². The Balaban J connectivity index is 1.98. The molecular formula is C24H24FNO3. The fourth-order valence-electron chi connectivity index (χ4n) is 4.30. The molecule has 1 unspecified atom stereocenters. The lowest BCUT2D eigenvalue weighted by Gasteiger charge is -2.25. The minimum Gasteiger partial charge on any atom is -0.450 e. The molecule has 1 atom stereocenters. The van der Waals surface area contributed by atoms with E-state index in [4.69, 9.17) is 4.42 Å². The molecule has 1 amide bonds. The van der Waals surface area contributed by atoms with Crippen LogP contribution in [0.2, 0.25) is 0 Å². The van der Waals surface area contributed by atoms with E-state index in [2.05, 4.69) is 6.92 Å². The van der Waals surface area contributed by atoms with Gasteiger partial charge in [-0.2, -0.15) is 0 Å². The van der Waals surface area contributed by atoms with E-state index < -0.39 is 11.9 Å². The van der Waals surface area contributed by atoms with Crippen LogP contribution in [0.1, 0.15) is 65.0 Å². The first-order chi connectivity index (χ1) is 13.9. The number of hydrogen-bond donors (Lipinski definition) is 0. The van der Waals surface area contributed by atoms with Gasteiger partial charge in [-0.25, -0.2) is 4.39 Å². The highest BCUT2D eigenvalue weighted by Gasteiger charge is 2.43. The van der Waals surface area contributed by atoms with Crippen molar-refractivity contribution in [2.75, 3.05) is 6.54 Å². The Bertz CT molecular complexity index is 1160. The lowest BCUT2D eigenvalue weighted by atomic mass is 9.96. The molecule has 0 saturated heterocycles. The quantitative estimate of drug-likeness (QED) is 0.554. The van der Waals surface area contributed by atoms with Crippen LogP contribution in [-0.4, -0.2) is 17.4 Å². The van der Waals surface area contributed by atoms with Crippen LogP contribution in [-0.2, 0) is 0 Å². The number of carbonyl (C=O) groups excluding carboxylic acids is 1. The predicted molar refractivity (Wildman–Crippen MR) is 111 cm³/mol. The predicted octanol–water partition coefficient (Wildman–Crippen LogP) is 5.28. The van der Waals surface area contributed by atoms with Gasteiger partial charge in [0.25, 0.3) is 5.91 Å². The Hall–Kier alpha value is -2.95. The topological polar surface area (TPSA) is 50.5 Å². The van der Waals surface area contributed by atoms with Crippen molar-refractivity contribution in [3.63, 3.8) is 0 Å². The fourth-order valence-corrected chi connectivity index (χ4v) is 4.30. The number of nitrogens with zero attached hydrogens (tertiary/aromatic N) is 1. The van der Waals surface area contributed by atoms with E-state index in [0.29, 0.717) is 23.1 Å². The summed E-state index contributed by atoms with van der Waals surface area (Å²) >= 11 is 0. The van der Waals surface area contributed by atoms with Gasteiger partial charge >= 0.3 is 0 Å². The zero-order valence-corrected chi connectivity index (χ0v) is 16.9. The van der Waals surface area contributed by atoms with Gasteiger partial charge in [-0.05, 0) is 43.5 Å². The Morgan fingerprint density at radius 2 is 1.86 bits per heavy atom. The first-order valence-electron chi connectivity index (χ1n) is 10.1. The van der Waals surface area contributed by atoms with Crippen molar-refractivity contribution in [2.45, 2.75) is 46.1 Å². The van der Waals surface area contributed by atoms with Crippen molar-refractivity contribution < 1.29 is 13.6 Å². The standard InChI is InChI=1S/C24H24FNO3/c1-4-5-8-11-26-21(16-9-6-7-10-17(16)25)20-22(27)19-15(3)12-14(2)13-18(19)29-23(20)24(26)28/h6-7,9-10,12-13,21H,4-5,8,11H2,1-3H3. The molecule has 4 rings (SSSR count). The summed E-state index contributed by atoms with van der Waals surface area (Å²) < 4.78 is 20.7. The third kappa shape index (κ3) is 3.15. The highest BCUT2D eigenvalue weighted by Crippen LogP contribution is 2.39. The molecule has 1 aliphatic rings. The molecule has 0 saturated carbocycles. The third-order valence-electron chi connectivity index (χ3n) is 5.61. The van der Waals surface area contributed by atoms with E-state index in [9.17, 15) is 14.0 Å². The molecule has 1 aliphatic heterocycles. The largest absolute Gasteiger partial charge is 0.450 e. The maximum absolute atomic E-state index is 14.7. The van der Waals surface area contributed by atoms with Gasteiger partial charge in [-0.3, -0.25) is 9.59 Å². The van der Waals surface area contributed by atoms with Crippen LogP contribution in [0.4, 0.5) is 4.39 Å². The van der Waals surface area contributed by atoms with Gasteiger partial charge in [-0.15, -0.1) is 0 Å². The van der Waals surface area contributed by atoms with Crippen molar-refractivity contribution in [3.8, 4) is 0 Å². The number of hydrogen-bond acceptors (Lipinski definition) is 3. The lowest BCUT2D eigenvalue weighted by Crippen LogP contribution is -2.31. The van der Waals surface area contributed by atoms with Gasteiger partial charge in [-0.1, -0.05) is 44.0 Å². The van der Waals surface area contributed by atoms with Crippen molar-refractivity contribution in [3.05, 3.63) is 80.5 Å². The Morgan fingerprint density at radius 3 is 2.59 bits per heavy atom. The average Bonchev–Trinajstić information content (AvgIpc) is 2.94. The Labute approximate surface area is 169 Å². The van der Waals surface area contributed by atoms with Gasteiger partial charge in [0.1, 0.15) is 11.4 Å². The van der Waals surface area contributed by atoms with Crippen LogP contribution in [0.15, 0.2) is 45.6 Å². The maximum Gasteiger partial charge on any atom is 0.290 e. The molecule has 150 valence electrons. The molecule has 0 bridgehead atoms. The van der Waals surface area contributed by atoms with E-state index in [-0.39, 0.29) is 22.7 Å². The SMILES string of the molecule is CCCCCN1C(=O)c2oc3cc(C)cc(C)c3c(=O)c2C1c1ccccc1F. The van der Waals surface area contributed by atoms with E-state index in [1.54, 1.807) is 29.2 Å². The number of benzene rings is 2. The monoisotopic (exact) mass is 393 g/mol. The normalized spacial score (nSPS) is 15.9. The molecular weight excluding hydrogens is 369 g/mol. The van der Waals surface area contributed by atoms with Crippen LogP contribution in [0.3, 0.4) is 0 Å². The summed E-state index contributed by atoms with van der Waals surface area (Å²) in [7, 11) is 0. The van der Waals surface area contributed by atoms with E-state index in [1.165, 1.54) is 6.07 Å². The maximum atomic E-state index is 14.7. The molecule has 5 heteroatoms. The van der Waals surface area contributed by atoms with Gasteiger partial charge in [0, 0.05) is 12.1 Å². The summed E-state index contributed by atoms with van der Waals surface area (Å²) in [4.78, 5) is 28.3. The van der Waals surface area contributed by atoms with Crippen molar-refractivity contribution in [2.24, 2.45) is 0 Å². The van der Waals surface area contributed by atoms with E-state index in [0.717, 1.165) is 30.4 Å². The second-order valence-corrected chi connectivity index (χ2v) is 7.76. The van der Waals surface area contributed by atoms with Crippen LogP contribution < -0.4 is 5.43 Å². The highest BCUT2D eigenvalue weighted by molar-refractivity contribution is 5.99. The molecule has 3 aromatic rings. The number of halogens is 1. The number of rotatable bonds is 5. The number of carbonyl (C=O) groups is 1. The number of unbranched alkanes of at least 4 members (excludes halogenated alkanes) is 2. The molecule has 2 aromatic carbocycles. The van der Waals surface area contributed by atoms with Gasteiger partial charge in [0.15, 0.2) is 5.43 Å². The van der Waals surface area contributed by atoms with Crippen LogP contribution >= 0.6 is 0 Å². The summed E-state index contributed by atoms with van der Waals surface area (Å²) in [6.07, 6.45) is 2.73. The van der Waals surface area contributed by atoms with Crippen molar-refractivity contribution >= 4 is 16.9 Å². The van der Waals surface area contributed by atoms with Gasteiger partial charge in [0.2, 0.25) is 5.76 Å². The second kappa shape index (κ2) is 7.47. The minimum absolute atomic E-state index is 0.0391. The van der Waals surface area contributed by atoms with Gasteiger partial charge < -0.3 is 9.32 Å². The molecule has 29 heavy (non-hydrogen) atoms. The molecule has 0 aliphatic carbocycles. The molecule has 2 heterocycles. The van der Waals surface area contributed by atoms with Crippen LogP contribution in [0, 0.1) is 19.7 Å². The van der Waals surface area contributed by atoms with Crippen LogP contribution in [0.25, 0.3) is 11.0 Å². The molecule has 4 nitrogen and oxygen atoms in total. The average molecular weight is 393 g/mol. The smallest absolute Gasteiger partial charge is 0.290 e. The number of amides is 1. The van der Waals surface area contributed by atoms with E-state index >= 15 is 0 Å². The van der Waals surface area contributed by atoms with E-state index in [1.807, 2.05) is 19.9 Å². The zero-order valence-electron chi connectivity index (χ0n) is 16.9. The summed E-state index contributed by atoms with van der Waals surface area (Å²) in [6.45, 7) is 6.30. The molecule has 0 radical (unpaired) electrons. The third-order valence-corrected chi connectivity index (χ3v) is 5.61. The fraction of sp³-hybridized carbons (Fsp3) is 0.333. The number of aryl methyl sites for hydroxylation is 2. The molecule has 0 spiro atoms. The summed E-state index contributed by atoms with van der Waals surface area (Å²) in [6, 6.07) is 9.25.